The van der Waals surface area contributed by atoms with Crippen LogP contribution in [0.5, 0.6) is 5.75 Å². The summed E-state index contributed by atoms with van der Waals surface area (Å²) in [6.45, 7) is 6.77. The van der Waals surface area contributed by atoms with Crippen molar-refractivity contribution in [2.45, 2.75) is 38.8 Å². The molecule has 0 atom stereocenters. The van der Waals surface area contributed by atoms with Crippen molar-refractivity contribution in [2.24, 2.45) is 0 Å². The van der Waals surface area contributed by atoms with Crippen LogP contribution < -0.4 is 5.32 Å². The molecule has 1 aliphatic heterocycles. The van der Waals surface area contributed by atoms with Gasteiger partial charge in [0.25, 0.3) is 0 Å². The molecule has 1 heterocycles. The molecule has 0 amide bonds. The summed E-state index contributed by atoms with van der Waals surface area (Å²) in [5.74, 6) is 0.136. The number of benzene rings is 1. The van der Waals surface area contributed by atoms with Gasteiger partial charge in [-0.3, -0.25) is 0 Å². The average Bonchev–Trinajstić information content (AvgIpc) is 2.34. The topological polar surface area (TPSA) is 35.5 Å². The largest absolute Gasteiger partial charge is 0.506 e. The number of hydrogen-bond donors (Lipinski definition) is 2. The van der Waals surface area contributed by atoms with Crippen LogP contribution in [0.25, 0.3) is 0 Å². The summed E-state index contributed by atoms with van der Waals surface area (Å²) >= 11 is 5.90. The number of piperidine rings is 1. The van der Waals surface area contributed by atoms with Gasteiger partial charge in [0.05, 0.1) is 5.02 Å². The number of likely N-dealkylation sites (tertiary alicyclic amines) is 1. The normalized spacial score (nSPS) is 18.2. The number of phenols is 1. The second-order valence-electron chi connectivity index (χ2n) is 5.21. The van der Waals surface area contributed by atoms with Gasteiger partial charge in [0, 0.05) is 30.9 Å². The molecule has 1 saturated heterocycles. The van der Waals surface area contributed by atoms with Crippen molar-refractivity contribution in [3.8, 4) is 5.75 Å². The summed E-state index contributed by atoms with van der Waals surface area (Å²) in [5, 5.41) is 13.3. The molecule has 1 fully saturated rings. The number of nitrogens with one attached hydrogen (secondary N) is 1. The maximum Gasteiger partial charge on any atom is 0.134 e. The van der Waals surface area contributed by atoms with Crippen LogP contribution in [0.4, 0.5) is 5.69 Å². The molecule has 1 aliphatic rings. The minimum absolute atomic E-state index is 0.136. The number of aromatic hydroxyl groups is 1. The lowest BCUT2D eigenvalue weighted by atomic mass is 10.0. The van der Waals surface area contributed by atoms with E-state index in [9.17, 15) is 5.11 Å². The van der Waals surface area contributed by atoms with E-state index in [2.05, 4.69) is 24.1 Å². The van der Waals surface area contributed by atoms with Gasteiger partial charge in [-0.1, -0.05) is 11.6 Å². The van der Waals surface area contributed by atoms with Crippen molar-refractivity contribution >= 4 is 17.3 Å². The third-order valence-electron chi connectivity index (χ3n) is 3.58. The summed E-state index contributed by atoms with van der Waals surface area (Å²) in [7, 11) is 0. The highest BCUT2D eigenvalue weighted by atomic mass is 35.5. The first-order chi connectivity index (χ1) is 8.56. The van der Waals surface area contributed by atoms with Gasteiger partial charge in [-0.15, -0.1) is 0 Å². The summed E-state index contributed by atoms with van der Waals surface area (Å²) in [4.78, 5) is 2.50. The minimum Gasteiger partial charge on any atom is -0.506 e. The Bertz CT molecular complexity index is 401. The van der Waals surface area contributed by atoms with Gasteiger partial charge in [0.15, 0.2) is 0 Å². The van der Waals surface area contributed by atoms with Crippen LogP contribution >= 0.6 is 11.6 Å². The number of halogens is 1. The lowest BCUT2D eigenvalue weighted by Crippen LogP contribution is -2.42. The van der Waals surface area contributed by atoms with Gasteiger partial charge in [-0.25, -0.2) is 0 Å². The zero-order valence-corrected chi connectivity index (χ0v) is 11.7. The molecule has 3 nitrogen and oxygen atoms in total. The Kier molecular flexibility index (Phi) is 4.36. The Morgan fingerprint density at radius 1 is 1.33 bits per heavy atom. The first kappa shape index (κ1) is 13.5. The molecule has 4 heteroatoms. The van der Waals surface area contributed by atoms with E-state index in [1.54, 1.807) is 12.1 Å². The molecule has 2 N–H and O–H groups in total. The van der Waals surface area contributed by atoms with Crippen LogP contribution in [0.3, 0.4) is 0 Å². The first-order valence-corrected chi connectivity index (χ1v) is 6.93. The van der Waals surface area contributed by atoms with Crippen molar-refractivity contribution in [3.05, 3.63) is 23.2 Å². The number of anilines is 1. The minimum atomic E-state index is 0.136. The maximum absolute atomic E-state index is 9.38. The fourth-order valence-electron chi connectivity index (χ4n) is 2.39. The van der Waals surface area contributed by atoms with Crippen LogP contribution in [0, 0.1) is 0 Å². The molecule has 1 aromatic carbocycles. The molecular formula is C14H21ClN2O. The fourth-order valence-corrected chi connectivity index (χ4v) is 2.57. The van der Waals surface area contributed by atoms with E-state index < -0.39 is 0 Å². The third kappa shape index (κ3) is 3.30. The molecule has 0 aromatic heterocycles. The Morgan fingerprint density at radius 2 is 2.00 bits per heavy atom. The van der Waals surface area contributed by atoms with Gasteiger partial charge in [-0.05, 0) is 44.9 Å². The van der Waals surface area contributed by atoms with Gasteiger partial charge in [0.1, 0.15) is 5.75 Å². The average molecular weight is 269 g/mol. The lowest BCUT2D eigenvalue weighted by molar-refractivity contribution is 0.177. The highest BCUT2D eigenvalue weighted by Gasteiger charge is 2.20. The van der Waals surface area contributed by atoms with Crippen molar-refractivity contribution in [1.29, 1.82) is 0 Å². The van der Waals surface area contributed by atoms with E-state index in [0.717, 1.165) is 31.6 Å². The van der Waals surface area contributed by atoms with Crippen LogP contribution in [-0.2, 0) is 0 Å². The zero-order valence-electron chi connectivity index (χ0n) is 11.0. The Labute approximate surface area is 114 Å². The molecule has 2 rings (SSSR count). The number of phenolic OH excluding ortho intramolecular Hbond substituents is 1. The Hall–Kier alpha value is -0.930. The SMILES string of the molecule is CC(C)N1CCC(Nc2ccc(O)c(Cl)c2)CC1. The standard InChI is InChI=1S/C14H21ClN2O/c1-10(2)17-7-5-11(6-8-17)16-12-3-4-14(18)13(15)9-12/h3-4,9-11,16,18H,5-8H2,1-2H3. The van der Waals surface area contributed by atoms with E-state index in [4.69, 9.17) is 11.6 Å². The summed E-state index contributed by atoms with van der Waals surface area (Å²) in [6.07, 6.45) is 2.30. The van der Waals surface area contributed by atoms with Crippen molar-refractivity contribution in [2.75, 3.05) is 18.4 Å². The molecular weight excluding hydrogens is 248 g/mol. The molecule has 0 saturated carbocycles. The predicted octanol–water partition coefficient (Wildman–Crippen LogP) is 3.33. The highest BCUT2D eigenvalue weighted by molar-refractivity contribution is 6.32. The van der Waals surface area contributed by atoms with Crippen LogP contribution in [0.1, 0.15) is 26.7 Å². The second-order valence-corrected chi connectivity index (χ2v) is 5.62. The summed E-state index contributed by atoms with van der Waals surface area (Å²) in [6, 6.07) is 6.42. The van der Waals surface area contributed by atoms with Crippen molar-refractivity contribution < 1.29 is 5.11 Å². The molecule has 0 spiro atoms. The van der Waals surface area contributed by atoms with E-state index >= 15 is 0 Å². The molecule has 0 bridgehead atoms. The van der Waals surface area contributed by atoms with Crippen LogP contribution in [0.2, 0.25) is 5.02 Å². The number of rotatable bonds is 3. The molecule has 0 aliphatic carbocycles. The monoisotopic (exact) mass is 268 g/mol. The lowest BCUT2D eigenvalue weighted by Gasteiger charge is -2.35. The van der Waals surface area contributed by atoms with E-state index in [-0.39, 0.29) is 5.75 Å². The van der Waals surface area contributed by atoms with Gasteiger partial charge in [-0.2, -0.15) is 0 Å². The third-order valence-corrected chi connectivity index (χ3v) is 3.88. The van der Waals surface area contributed by atoms with Crippen LogP contribution in [0.15, 0.2) is 18.2 Å². The van der Waals surface area contributed by atoms with Gasteiger partial charge >= 0.3 is 0 Å². The molecule has 0 radical (unpaired) electrons. The highest BCUT2D eigenvalue weighted by Crippen LogP contribution is 2.27. The molecule has 18 heavy (non-hydrogen) atoms. The van der Waals surface area contributed by atoms with Crippen LogP contribution in [-0.4, -0.2) is 35.2 Å². The quantitative estimate of drug-likeness (QED) is 0.826. The molecule has 0 unspecified atom stereocenters. The zero-order chi connectivity index (χ0) is 13.1. The fraction of sp³-hybridized carbons (Fsp3) is 0.571. The summed E-state index contributed by atoms with van der Waals surface area (Å²) < 4.78 is 0. The first-order valence-electron chi connectivity index (χ1n) is 6.55. The second kappa shape index (κ2) is 5.81. The molecule has 1 aromatic rings. The van der Waals surface area contributed by atoms with Crippen molar-refractivity contribution in [1.82, 2.24) is 4.90 Å². The Balaban J connectivity index is 1.89. The number of nitrogens with zero attached hydrogens (tertiary/aromatic N) is 1. The van der Waals surface area contributed by atoms with E-state index in [1.807, 2.05) is 6.07 Å². The van der Waals surface area contributed by atoms with E-state index in [1.165, 1.54) is 0 Å². The Morgan fingerprint density at radius 3 is 2.56 bits per heavy atom. The van der Waals surface area contributed by atoms with Crippen molar-refractivity contribution in [3.63, 3.8) is 0 Å². The predicted molar refractivity (Wildman–Crippen MR) is 76.5 cm³/mol. The smallest absolute Gasteiger partial charge is 0.134 e. The summed E-state index contributed by atoms with van der Waals surface area (Å²) in [5.41, 5.74) is 0.987. The maximum atomic E-state index is 9.38. The van der Waals surface area contributed by atoms with Gasteiger partial charge < -0.3 is 15.3 Å². The molecule has 100 valence electrons. The van der Waals surface area contributed by atoms with E-state index in [0.29, 0.717) is 17.1 Å². The van der Waals surface area contributed by atoms with Gasteiger partial charge in [0.2, 0.25) is 0 Å². The number of hydrogen-bond acceptors (Lipinski definition) is 3.